The van der Waals surface area contributed by atoms with E-state index in [1.165, 1.54) is 33.4 Å². The molecule has 0 unspecified atom stereocenters. The van der Waals surface area contributed by atoms with Gasteiger partial charge in [0.05, 0.1) is 11.4 Å². The Morgan fingerprint density at radius 2 is 0.917 bits per heavy atom. The Kier molecular flexibility index (Phi) is 4.12. The first-order valence-electron chi connectivity index (χ1n) is 8.54. The van der Waals surface area contributed by atoms with E-state index in [2.05, 4.69) is 65.8 Å². The van der Waals surface area contributed by atoms with Gasteiger partial charge in [-0.05, 0) is 63.8 Å². The predicted octanol–water partition coefficient (Wildman–Crippen LogP) is 4.98. The van der Waals surface area contributed by atoms with Crippen molar-refractivity contribution < 1.29 is 4.79 Å². The molecular formula is C21H26N2O. The van der Waals surface area contributed by atoms with Gasteiger partial charge in [0, 0.05) is 13.1 Å². The Hall–Kier alpha value is -2.29. The van der Waals surface area contributed by atoms with Gasteiger partial charge in [-0.1, -0.05) is 35.4 Å². The van der Waals surface area contributed by atoms with Gasteiger partial charge < -0.3 is 0 Å². The molecule has 3 nitrogen and oxygen atoms in total. The monoisotopic (exact) mass is 322 g/mol. The Bertz CT molecular complexity index is 709. The van der Waals surface area contributed by atoms with E-state index in [9.17, 15) is 4.79 Å². The van der Waals surface area contributed by atoms with Crippen molar-refractivity contribution in [1.82, 2.24) is 0 Å². The number of carbonyl (C=O) groups excluding carboxylic acids is 1. The van der Waals surface area contributed by atoms with Crippen molar-refractivity contribution in [2.75, 3.05) is 22.9 Å². The highest BCUT2D eigenvalue weighted by Crippen LogP contribution is 2.34. The van der Waals surface area contributed by atoms with Crippen LogP contribution in [0, 0.1) is 41.5 Å². The van der Waals surface area contributed by atoms with Crippen molar-refractivity contribution in [2.24, 2.45) is 0 Å². The number of rotatable bonds is 2. The highest BCUT2D eigenvalue weighted by Gasteiger charge is 2.33. The smallest absolute Gasteiger partial charge is 0.292 e. The van der Waals surface area contributed by atoms with Crippen LogP contribution in [0.4, 0.5) is 16.2 Å². The van der Waals surface area contributed by atoms with Gasteiger partial charge in [-0.2, -0.15) is 0 Å². The molecule has 0 spiro atoms. The van der Waals surface area contributed by atoms with Crippen LogP contribution in [-0.4, -0.2) is 19.1 Å². The molecule has 0 radical (unpaired) electrons. The zero-order chi connectivity index (χ0) is 17.6. The first-order valence-corrected chi connectivity index (χ1v) is 8.54. The van der Waals surface area contributed by atoms with Gasteiger partial charge in [0.2, 0.25) is 0 Å². The van der Waals surface area contributed by atoms with E-state index >= 15 is 0 Å². The van der Waals surface area contributed by atoms with Crippen LogP contribution < -0.4 is 9.80 Å². The summed E-state index contributed by atoms with van der Waals surface area (Å²) in [6, 6.07) is 8.70. The molecule has 126 valence electrons. The van der Waals surface area contributed by atoms with Crippen LogP contribution in [0.15, 0.2) is 24.3 Å². The van der Waals surface area contributed by atoms with E-state index in [-0.39, 0.29) is 6.03 Å². The Balaban J connectivity index is 2.00. The first kappa shape index (κ1) is 16.6. The van der Waals surface area contributed by atoms with Crippen molar-refractivity contribution >= 4 is 17.4 Å². The molecule has 1 heterocycles. The molecule has 24 heavy (non-hydrogen) atoms. The van der Waals surface area contributed by atoms with Gasteiger partial charge in [0.25, 0.3) is 0 Å². The van der Waals surface area contributed by atoms with E-state index in [1.54, 1.807) is 0 Å². The van der Waals surface area contributed by atoms with Crippen molar-refractivity contribution in [3.8, 4) is 0 Å². The number of benzene rings is 2. The van der Waals surface area contributed by atoms with Crippen molar-refractivity contribution in [3.63, 3.8) is 0 Å². The highest BCUT2D eigenvalue weighted by molar-refractivity contribution is 6.07. The lowest BCUT2D eigenvalue weighted by atomic mass is 10.0. The molecule has 0 saturated carbocycles. The predicted molar refractivity (Wildman–Crippen MR) is 101 cm³/mol. The second kappa shape index (κ2) is 5.97. The van der Waals surface area contributed by atoms with Crippen LogP contribution in [0.2, 0.25) is 0 Å². The van der Waals surface area contributed by atoms with Gasteiger partial charge in [-0.25, -0.2) is 4.79 Å². The minimum Gasteiger partial charge on any atom is -0.292 e. The fourth-order valence-corrected chi connectivity index (χ4v) is 4.15. The summed E-state index contributed by atoms with van der Waals surface area (Å²) in [4.78, 5) is 17.0. The van der Waals surface area contributed by atoms with E-state index in [4.69, 9.17) is 0 Å². The number of carbonyl (C=O) groups is 1. The topological polar surface area (TPSA) is 23.6 Å². The summed E-state index contributed by atoms with van der Waals surface area (Å²) in [5, 5.41) is 0. The summed E-state index contributed by atoms with van der Waals surface area (Å²) in [7, 11) is 0. The second-order valence-corrected chi connectivity index (χ2v) is 7.08. The summed E-state index contributed by atoms with van der Waals surface area (Å²) >= 11 is 0. The van der Waals surface area contributed by atoms with Crippen molar-refractivity contribution in [3.05, 3.63) is 57.6 Å². The maximum Gasteiger partial charge on any atom is 0.329 e. The van der Waals surface area contributed by atoms with Crippen molar-refractivity contribution in [2.45, 2.75) is 41.5 Å². The molecule has 0 N–H and O–H groups in total. The molecule has 1 saturated heterocycles. The maximum absolute atomic E-state index is 13.1. The molecule has 1 fully saturated rings. The lowest BCUT2D eigenvalue weighted by Crippen LogP contribution is -2.33. The molecule has 2 amide bonds. The third-order valence-corrected chi connectivity index (χ3v) is 4.82. The number of hydrogen-bond acceptors (Lipinski definition) is 1. The molecule has 0 bridgehead atoms. The molecule has 1 aliphatic heterocycles. The number of urea groups is 1. The maximum atomic E-state index is 13.1. The van der Waals surface area contributed by atoms with Crippen LogP contribution in [0.3, 0.4) is 0 Å². The van der Waals surface area contributed by atoms with Crippen LogP contribution in [0.1, 0.15) is 33.4 Å². The van der Waals surface area contributed by atoms with E-state index in [0.29, 0.717) is 0 Å². The van der Waals surface area contributed by atoms with Crippen LogP contribution in [0.25, 0.3) is 0 Å². The summed E-state index contributed by atoms with van der Waals surface area (Å²) in [5.41, 5.74) is 9.27. The number of anilines is 2. The summed E-state index contributed by atoms with van der Waals surface area (Å²) in [6.45, 7) is 14.0. The minimum absolute atomic E-state index is 0.0834. The van der Waals surface area contributed by atoms with Gasteiger partial charge in [-0.15, -0.1) is 0 Å². The Morgan fingerprint density at radius 1 is 0.625 bits per heavy atom. The SMILES string of the molecule is Cc1cc(C)c(N2CCN(c3c(C)cc(C)cc3C)C2=O)c(C)c1. The fraction of sp³-hybridized carbons (Fsp3) is 0.381. The molecule has 1 aliphatic rings. The third kappa shape index (κ3) is 2.68. The quantitative estimate of drug-likeness (QED) is 0.764. The second-order valence-electron chi connectivity index (χ2n) is 7.08. The van der Waals surface area contributed by atoms with Gasteiger partial charge in [0.15, 0.2) is 0 Å². The third-order valence-electron chi connectivity index (χ3n) is 4.82. The molecule has 2 aromatic rings. The van der Waals surface area contributed by atoms with Crippen LogP contribution >= 0.6 is 0 Å². The fourth-order valence-electron chi connectivity index (χ4n) is 4.15. The lowest BCUT2D eigenvalue weighted by Gasteiger charge is -2.24. The first-order chi connectivity index (χ1) is 11.3. The van der Waals surface area contributed by atoms with E-state index in [1.807, 2.05) is 9.80 Å². The average molecular weight is 322 g/mol. The summed E-state index contributed by atoms with van der Waals surface area (Å²) < 4.78 is 0. The molecule has 3 heteroatoms. The number of aryl methyl sites for hydroxylation is 6. The Morgan fingerprint density at radius 3 is 1.21 bits per heavy atom. The van der Waals surface area contributed by atoms with Gasteiger partial charge in [0.1, 0.15) is 0 Å². The zero-order valence-electron chi connectivity index (χ0n) is 15.5. The molecule has 0 atom stereocenters. The van der Waals surface area contributed by atoms with E-state index in [0.717, 1.165) is 24.5 Å². The number of hydrogen-bond donors (Lipinski definition) is 0. The number of nitrogens with zero attached hydrogens (tertiary/aromatic N) is 2. The largest absolute Gasteiger partial charge is 0.329 e. The molecule has 3 rings (SSSR count). The average Bonchev–Trinajstić information content (AvgIpc) is 2.79. The number of amides is 2. The van der Waals surface area contributed by atoms with Gasteiger partial charge in [-0.3, -0.25) is 9.80 Å². The van der Waals surface area contributed by atoms with E-state index < -0.39 is 0 Å². The summed E-state index contributed by atoms with van der Waals surface area (Å²) in [6.07, 6.45) is 0. The molecule has 0 aromatic heterocycles. The van der Waals surface area contributed by atoms with Gasteiger partial charge >= 0.3 is 6.03 Å². The minimum atomic E-state index is 0.0834. The standard InChI is InChI=1S/C21H26N2O/c1-13-9-15(3)19(16(4)10-13)22-7-8-23(21(22)24)20-17(5)11-14(2)12-18(20)6/h9-12H,7-8H2,1-6H3. The highest BCUT2D eigenvalue weighted by atomic mass is 16.2. The molecular weight excluding hydrogens is 296 g/mol. The summed E-state index contributed by atoms with van der Waals surface area (Å²) in [5.74, 6) is 0. The molecule has 2 aromatic carbocycles. The normalized spacial score (nSPS) is 14.7. The zero-order valence-corrected chi connectivity index (χ0v) is 15.5. The van der Waals surface area contributed by atoms with Crippen LogP contribution in [0.5, 0.6) is 0 Å². The van der Waals surface area contributed by atoms with Crippen LogP contribution in [-0.2, 0) is 0 Å². The van der Waals surface area contributed by atoms with Crippen molar-refractivity contribution in [1.29, 1.82) is 0 Å². The molecule has 0 aliphatic carbocycles. The Labute approximate surface area is 144 Å². The lowest BCUT2D eigenvalue weighted by molar-refractivity contribution is 0.255.